The molecule has 0 saturated heterocycles. The molecule has 98 valence electrons. The van der Waals surface area contributed by atoms with E-state index < -0.39 is 0 Å². The third-order valence-corrected chi connectivity index (χ3v) is 4.53. The number of aliphatic imine (C=N–C) groups is 1. The molecule has 0 saturated carbocycles. The molecule has 4 heteroatoms. The standard InChI is InChI=1S/C16H13N3S/c1-2-19-10-14-15(11-6-3-4-8-13(11)19)18-12-7-5-9-17-16(12)20-14/h3-10H,2H2,1H3. The first kappa shape index (κ1) is 11.7. The molecular weight excluding hydrogens is 266 g/mol. The smallest absolute Gasteiger partial charge is 0.127 e. The Labute approximate surface area is 122 Å². The number of nitrogens with zero attached hydrogens (tertiary/aromatic N) is 3. The normalized spacial score (nSPS) is 15.8. The van der Waals surface area contributed by atoms with Crippen LogP contribution in [0.3, 0.4) is 0 Å². The lowest BCUT2D eigenvalue weighted by molar-refractivity contribution is 1.00. The Bertz CT molecular complexity index is 749. The number of hydrogen-bond donors (Lipinski definition) is 0. The summed E-state index contributed by atoms with van der Waals surface area (Å²) in [7, 11) is 0. The van der Waals surface area contributed by atoms with Gasteiger partial charge in [-0.25, -0.2) is 9.98 Å². The lowest BCUT2D eigenvalue weighted by Crippen LogP contribution is -2.25. The second kappa shape index (κ2) is 4.49. The molecule has 0 fully saturated rings. The average Bonchev–Trinajstić information content (AvgIpc) is 2.52. The van der Waals surface area contributed by atoms with Crippen molar-refractivity contribution in [2.75, 3.05) is 11.4 Å². The van der Waals surface area contributed by atoms with Gasteiger partial charge in [0.05, 0.1) is 22.0 Å². The Morgan fingerprint density at radius 2 is 2.05 bits per heavy atom. The SMILES string of the molecule is CCN1C=C2Sc3ncccc3N=C2c2ccccc21. The number of allylic oxidation sites excluding steroid dienone is 1. The lowest BCUT2D eigenvalue weighted by Gasteiger charge is -2.30. The van der Waals surface area contributed by atoms with Gasteiger partial charge in [-0.3, -0.25) is 0 Å². The molecular formula is C16H13N3S. The van der Waals surface area contributed by atoms with Crippen LogP contribution in [0.1, 0.15) is 12.5 Å². The van der Waals surface area contributed by atoms with E-state index in [1.807, 2.05) is 18.3 Å². The summed E-state index contributed by atoms with van der Waals surface area (Å²) < 4.78 is 0. The predicted octanol–water partition coefficient (Wildman–Crippen LogP) is 3.99. The highest BCUT2D eigenvalue weighted by atomic mass is 32.2. The van der Waals surface area contributed by atoms with Crippen molar-refractivity contribution in [2.24, 2.45) is 4.99 Å². The van der Waals surface area contributed by atoms with Crippen LogP contribution in [-0.4, -0.2) is 17.2 Å². The zero-order valence-electron chi connectivity index (χ0n) is 11.1. The number of anilines is 1. The molecule has 0 amide bonds. The maximum Gasteiger partial charge on any atom is 0.127 e. The van der Waals surface area contributed by atoms with Crippen molar-refractivity contribution in [1.82, 2.24) is 4.98 Å². The van der Waals surface area contributed by atoms with Crippen LogP contribution in [0.2, 0.25) is 0 Å². The molecule has 0 N–H and O–H groups in total. The first-order valence-electron chi connectivity index (χ1n) is 6.66. The van der Waals surface area contributed by atoms with Crippen LogP contribution in [0.5, 0.6) is 0 Å². The summed E-state index contributed by atoms with van der Waals surface area (Å²) in [5.74, 6) is 0. The lowest BCUT2D eigenvalue weighted by atomic mass is 10.0. The zero-order valence-corrected chi connectivity index (χ0v) is 11.9. The molecule has 2 aliphatic heterocycles. The summed E-state index contributed by atoms with van der Waals surface area (Å²) in [5.41, 5.74) is 4.46. The summed E-state index contributed by atoms with van der Waals surface area (Å²) in [6.45, 7) is 3.11. The van der Waals surface area contributed by atoms with Crippen LogP contribution in [-0.2, 0) is 0 Å². The maximum atomic E-state index is 4.82. The van der Waals surface area contributed by atoms with Gasteiger partial charge in [-0.2, -0.15) is 0 Å². The first-order valence-corrected chi connectivity index (χ1v) is 7.48. The third-order valence-electron chi connectivity index (χ3n) is 3.51. The van der Waals surface area contributed by atoms with Crippen molar-refractivity contribution in [3.05, 3.63) is 59.3 Å². The van der Waals surface area contributed by atoms with Gasteiger partial charge in [-0.1, -0.05) is 30.0 Å². The highest BCUT2D eigenvalue weighted by Crippen LogP contribution is 2.43. The van der Waals surface area contributed by atoms with Crippen LogP contribution in [0, 0.1) is 0 Å². The van der Waals surface area contributed by atoms with Crippen molar-refractivity contribution < 1.29 is 0 Å². The molecule has 0 bridgehead atoms. The van der Waals surface area contributed by atoms with Crippen LogP contribution >= 0.6 is 11.8 Å². The minimum atomic E-state index is 0.948. The molecule has 2 aromatic rings. The minimum absolute atomic E-state index is 0.948. The van der Waals surface area contributed by atoms with Crippen molar-refractivity contribution in [1.29, 1.82) is 0 Å². The molecule has 2 aliphatic rings. The monoisotopic (exact) mass is 279 g/mol. The van der Waals surface area contributed by atoms with E-state index in [0.29, 0.717) is 0 Å². The Balaban J connectivity index is 1.95. The zero-order chi connectivity index (χ0) is 13.5. The van der Waals surface area contributed by atoms with Gasteiger partial charge in [0.25, 0.3) is 0 Å². The Hall–Kier alpha value is -2.07. The summed E-state index contributed by atoms with van der Waals surface area (Å²) in [4.78, 5) is 12.7. The van der Waals surface area contributed by atoms with Gasteiger partial charge >= 0.3 is 0 Å². The number of fused-ring (bicyclic) bond motifs is 4. The van der Waals surface area contributed by atoms with Crippen molar-refractivity contribution in [2.45, 2.75) is 11.9 Å². The van der Waals surface area contributed by atoms with Crippen LogP contribution < -0.4 is 4.90 Å². The van der Waals surface area contributed by atoms with Crippen LogP contribution in [0.25, 0.3) is 0 Å². The largest absolute Gasteiger partial charge is 0.346 e. The van der Waals surface area contributed by atoms with E-state index in [9.17, 15) is 0 Å². The fraction of sp³-hybridized carbons (Fsp3) is 0.125. The Morgan fingerprint density at radius 3 is 2.95 bits per heavy atom. The Morgan fingerprint density at radius 1 is 1.15 bits per heavy atom. The number of pyridine rings is 1. The second-order valence-electron chi connectivity index (χ2n) is 4.69. The van der Waals surface area contributed by atoms with Gasteiger partial charge in [0.2, 0.25) is 0 Å². The molecule has 1 aromatic carbocycles. The molecule has 0 spiro atoms. The van der Waals surface area contributed by atoms with Gasteiger partial charge in [0.1, 0.15) is 5.03 Å². The van der Waals surface area contributed by atoms with Crippen LogP contribution in [0.15, 0.2) is 63.7 Å². The van der Waals surface area contributed by atoms with Gasteiger partial charge in [-0.15, -0.1) is 0 Å². The van der Waals surface area contributed by atoms with Crippen molar-refractivity contribution >= 4 is 28.8 Å². The van der Waals surface area contributed by atoms with Gasteiger partial charge in [0.15, 0.2) is 0 Å². The van der Waals surface area contributed by atoms with E-state index in [-0.39, 0.29) is 0 Å². The third kappa shape index (κ3) is 1.68. The molecule has 0 atom stereocenters. The first-order chi connectivity index (χ1) is 9.86. The fourth-order valence-electron chi connectivity index (χ4n) is 2.55. The molecule has 0 radical (unpaired) electrons. The number of thioether (sulfide) groups is 1. The molecule has 4 rings (SSSR count). The Kier molecular flexibility index (Phi) is 2.63. The maximum absolute atomic E-state index is 4.82. The molecule has 0 aliphatic carbocycles. The van der Waals surface area contributed by atoms with Crippen molar-refractivity contribution in [3.63, 3.8) is 0 Å². The van der Waals surface area contributed by atoms with Gasteiger partial charge in [-0.05, 0) is 25.1 Å². The quantitative estimate of drug-likeness (QED) is 0.790. The predicted molar refractivity (Wildman–Crippen MR) is 83.8 cm³/mol. The molecule has 20 heavy (non-hydrogen) atoms. The average molecular weight is 279 g/mol. The number of aromatic nitrogens is 1. The van der Waals surface area contributed by atoms with Gasteiger partial charge in [0, 0.05) is 24.5 Å². The number of para-hydroxylation sites is 1. The highest BCUT2D eigenvalue weighted by Gasteiger charge is 2.27. The molecule has 3 heterocycles. The van der Waals surface area contributed by atoms with E-state index in [2.05, 4.69) is 47.3 Å². The van der Waals surface area contributed by atoms with Gasteiger partial charge < -0.3 is 4.90 Å². The molecule has 1 aromatic heterocycles. The summed E-state index contributed by atoms with van der Waals surface area (Å²) in [6, 6.07) is 12.4. The summed E-state index contributed by atoms with van der Waals surface area (Å²) in [5, 5.41) is 0.984. The minimum Gasteiger partial charge on any atom is -0.346 e. The second-order valence-corrected chi connectivity index (χ2v) is 5.72. The number of rotatable bonds is 1. The molecule has 0 unspecified atom stereocenters. The highest BCUT2D eigenvalue weighted by molar-refractivity contribution is 8.04. The van der Waals surface area contributed by atoms with Crippen LogP contribution in [0.4, 0.5) is 11.4 Å². The summed E-state index contributed by atoms with van der Waals surface area (Å²) in [6.07, 6.45) is 4.00. The number of hydrogen-bond acceptors (Lipinski definition) is 4. The fourth-order valence-corrected chi connectivity index (χ4v) is 3.52. The van der Waals surface area contributed by atoms with Crippen molar-refractivity contribution in [3.8, 4) is 0 Å². The molecule has 3 nitrogen and oxygen atoms in total. The van der Waals surface area contributed by atoms with E-state index in [1.165, 1.54) is 16.2 Å². The van der Waals surface area contributed by atoms with E-state index >= 15 is 0 Å². The van der Waals surface area contributed by atoms with E-state index in [0.717, 1.165) is 23.0 Å². The topological polar surface area (TPSA) is 28.5 Å². The van der Waals surface area contributed by atoms with E-state index in [4.69, 9.17) is 4.99 Å². The summed E-state index contributed by atoms with van der Waals surface area (Å²) >= 11 is 1.70. The number of benzene rings is 1. The van der Waals surface area contributed by atoms with E-state index in [1.54, 1.807) is 11.8 Å².